The maximum Gasteiger partial charge on any atom is 0.228 e. The number of benzene rings is 1. The van der Waals surface area contributed by atoms with Crippen molar-refractivity contribution in [2.75, 3.05) is 38.2 Å². The first-order chi connectivity index (χ1) is 15.6. The van der Waals surface area contributed by atoms with E-state index in [1.807, 2.05) is 30.9 Å². The van der Waals surface area contributed by atoms with Crippen molar-refractivity contribution in [3.05, 3.63) is 36.5 Å². The van der Waals surface area contributed by atoms with Crippen LogP contribution in [0.4, 0.5) is 5.82 Å². The number of carbonyl (C=O) groups excluding carboxylic acids is 1. The number of nitrogens with zero attached hydrogens (tertiary/aromatic N) is 4. The van der Waals surface area contributed by atoms with E-state index in [9.17, 15) is 9.90 Å². The number of aromatic hydroxyl groups is 1. The lowest BCUT2D eigenvalue weighted by Crippen LogP contribution is -2.44. The molecule has 1 amide bonds. The molecular weight excluding hydrogens is 405 g/mol. The minimum Gasteiger partial charge on any atom is -0.507 e. The summed E-state index contributed by atoms with van der Waals surface area (Å²) >= 11 is 0. The van der Waals surface area contributed by atoms with E-state index in [4.69, 9.17) is 9.72 Å². The third kappa shape index (κ3) is 4.04. The number of fused-ring (bicyclic) bond motifs is 1. The molecule has 1 aromatic carbocycles. The third-order valence-electron chi connectivity index (χ3n) is 6.51. The molecule has 2 unspecified atom stereocenters. The molecule has 0 bridgehead atoms. The van der Waals surface area contributed by atoms with Crippen LogP contribution in [-0.4, -0.2) is 71.2 Å². The Morgan fingerprint density at radius 2 is 2.19 bits per heavy atom. The van der Waals surface area contributed by atoms with E-state index in [1.54, 1.807) is 22.8 Å². The zero-order valence-electron chi connectivity index (χ0n) is 18.3. The molecule has 166 valence electrons. The van der Waals surface area contributed by atoms with Crippen molar-refractivity contribution in [3.63, 3.8) is 0 Å². The molecule has 2 atom stereocenters. The number of anilines is 1. The normalized spacial score (nSPS) is 21.2. The number of phenols is 1. The molecule has 0 saturated carbocycles. The van der Waals surface area contributed by atoms with Crippen molar-refractivity contribution in [1.82, 2.24) is 19.5 Å². The Hall–Kier alpha value is -3.07. The minimum absolute atomic E-state index is 0.0229. The summed E-state index contributed by atoms with van der Waals surface area (Å²) in [4.78, 5) is 19.6. The van der Waals surface area contributed by atoms with Crippen LogP contribution in [0.15, 0.2) is 36.5 Å². The van der Waals surface area contributed by atoms with Crippen molar-refractivity contribution >= 4 is 30.7 Å². The molecule has 4 heterocycles. The average Bonchev–Trinajstić information content (AvgIpc) is 3.48. The number of rotatable bonds is 5. The maximum atomic E-state index is 12.8. The lowest BCUT2D eigenvalue weighted by atomic mass is 9.96. The molecule has 9 heteroatoms. The predicted molar refractivity (Wildman–Crippen MR) is 125 cm³/mol. The van der Waals surface area contributed by atoms with Gasteiger partial charge < -0.3 is 20.1 Å². The molecule has 3 aromatic rings. The lowest BCUT2D eigenvalue weighted by Gasteiger charge is -2.34. The molecule has 0 radical (unpaired) electrons. The van der Waals surface area contributed by atoms with Gasteiger partial charge in [-0.05, 0) is 42.8 Å². The fraction of sp³-hybridized carbons (Fsp3) is 0.435. The van der Waals surface area contributed by atoms with Gasteiger partial charge in [-0.25, -0.2) is 4.98 Å². The van der Waals surface area contributed by atoms with E-state index in [-0.39, 0.29) is 17.6 Å². The van der Waals surface area contributed by atoms with Gasteiger partial charge in [0.25, 0.3) is 0 Å². The van der Waals surface area contributed by atoms with Gasteiger partial charge in [0.05, 0.1) is 18.2 Å². The number of aromatic nitrogens is 3. The summed E-state index contributed by atoms with van der Waals surface area (Å²) in [5.74, 6) is 1.65. The second-order valence-corrected chi connectivity index (χ2v) is 8.84. The van der Waals surface area contributed by atoms with Gasteiger partial charge in [-0.3, -0.25) is 4.79 Å². The zero-order chi connectivity index (χ0) is 22.1. The maximum absolute atomic E-state index is 12.8. The molecule has 2 aromatic heterocycles. The number of para-hydroxylation sites is 1. The molecular formula is C23H28BN5O3. The van der Waals surface area contributed by atoms with Crippen molar-refractivity contribution in [2.45, 2.75) is 19.3 Å². The summed E-state index contributed by atoms with van der Waals surface area (Å²) in [5.41, 5.74) is 3.11. The molecule has 0 spiro atoms. The van der Waals surface area contributed by atoms with Crippen molar-refractivity contribution in [1.29, 1.82) is 0 Å². The Balaban J connectivity index is 1.35. The van der Waals surface area contributed by atoms with Gasteiger partial charge in [0.1, 0.15) is 19.4 Å². The molecule has 2 saturated heterocycles. The van der Waals surface area contributed by atoms with Gasteiger partial charge in [0.2, 0.25) is 5.91 Å². The number of ether oxygens (including phenoxy) is 1. The van der Waals surface area contributed by atoms with Crippen LogP contribution in [0.5, 0.6) is 5.75 Å². The number of piperidine rings is 1. The highest BCUT2D eigenvalue weighted by molar-refractivity contribution is 6.36. The summed E-state index contributed by atoms with van der Waals surface area (Å²) in [6, 6.07) is 9.15. The van der Waals surface area contributed by atoms with Crippen LogP contribution in [0.2, 0.25) is 0 Å². The Bertz CT molecular complexity index is 1130. The van der Waals surface area contributed by atoms with Crippen molar-refractivity contribution < 1.29 is 14.6 Å². The third-order valence-corrected chi connectivity index (χ3v) is 6.51. The summed E-state index contributed by atoms with van der Waals surface area (Å²) in [7, 11) is 1.98. The molecule has 0 aliphatic carbocycles. The van der Waals surface area contributed by atoms with Crippen LogP contribution < -0.4 is 10.8 Å². The molecule has 32 heavy (non-hydrogen) atoms. The summed E-state index contributed by atoms with van der Waals surface area (Å²) in [6.07, 6.45) is 4.73. The Kier molecular flexibility index (Phi) is 5.74. The van der Waals surface area contributed by atoms with Crippen LogP contribution in [-0.2, 0) is 9.53 Å². The van der Waals surface area contributed by atoms with Crippen LogP contribution >= 0.6 is 0 Å². The van der Waals surface area contributed by atoms with Gasteiger partial charge in [0.15, 0.2) is 5.65 Å². The number of hydrogen-bond donors (Lipinski definition) is 2. The smallest absolute Gasteiger partial charge is 0.228 e. The monoisotopic (exact) mass is 433 g/mol. The van der Waals surface area contributed by atoms with Crippen LogP contribution in [0.1, 0.15) is 19.3 Å². The standard InChI is InChI=1S/C23H28BN5O3/c24-18-12-26-29-21(10-19(27-22(18)29)17-5-1-2-6-20(17)30)25-11-15-4-3-8-28(13-15)23(31)16-7-9-32-14-16/h1-2,5-6,10,12,15-16,25,30H,3-4,7-9,11,13-14,24H2. The zero-order valence-corrected chi connectivity index (χ0v) is 18.3. The highest BCUT2D eigenvalue weighted by Gasteiger charge is 2.31. The first-order valence-electron chi connectivity index (χ1n) is 11.3. The van der Waals surface area contributed by atoms with Crippen molar-refractivity contribution in [3.8, 4) is 17.0 Å². The molecule has 8 nitrogen and oxygen atoms in total. The second-order valence-electron chi connectivity index (χ2n) is 8.84. The topological polar surface area (TPSA) is 92.0 Å². The Labute approximate surface area is 188 Å². The fourth-order valence-corrected chi connectivity index (χ4v) is 4.70. The van der Waals surface area contributed by atoms with Gasteiger partial charge in [0, 0.05) is 44.1 Å². The van der Waals surface area contributed by atoms with Gasteiger partial charge in [-0.1, -0.05) is 12.1 Å². The van der Waals surface area contributed by atoms with E-state index in [0.717, 1.165) is 55.8 Å². The minimum atomic E-state index is 0.0229. The SMILES string of the molecule is Bc1cnn2c(NCC3CCCN(C(=O)C4CCOC4)C3)cc(-c3ccccc3O)nc12. The van der Waals surface area contributed by atoms with E-state index < -0.39 is 0 Å². The number of carbonyl (C=O) groups is 1. The van der Waals surface area contributed by atoms with Gasteiger partial charge in [-0.15, -0.1) is 0 Å². The summed E-state index contributed by atoms with van der Waals surface area (Å²) in [6.45, 7) is 3.59. The number of hydrogen-bond acceptors (Lipinski definition) is 6. The summed E-state index contributed by atoms with van der Waals surface area (Å²) < 4.78 is 7.21. The number of phenolic OH excluding ortho intramolecular Hbond substituents is 1. The Morgan fingerprint density at radius 3 is 3.00 bits per heavy atom. The number of likely N-dealkylation sites (tertiary alicyclic amines) is 1. The van der Waals surface area contributed by atoms with Crippen molar-refractivity contribution in [2.24, 2.45) is 11.8 Å². The van der Waals surface area contributed by atoms with Crippen LogP contribution in [0.25, 0.3) is 16.9 Å². The molecule has 2 N–H and O–H groups in total. The quantitative estimate of drug-likeness (QED) is 0.585. The lowest BCUT2D eigenvalue weighted by molar-refractivity contribution is -0.137. The number of amides is 1. The van der Waals surface area contributed by atoms with E-state index in [1.165, 1.54) is 0 Å². The fourth-order valence-electron chi connectivity index (χ4n) is 4.70. The average molecular weight is 433 g/mol. The molecule has 2 aliphatic rings. The number of nitrogens with one attached hydrogen (secondary N) is 1. The highest BCUT2D eigenvalue weighted by Crippen LogP contribution is 2.29. The van der Waals surface area contributed by atoms with E-state index in [2.05, 4.69) is 10.4 Å². The second kappa shape index (κ2) is 8.82. The van der Waals surface area contributed by atoms with E-state index in [0.29, 0.717) is 30.4 Å². The predicted octanol–water partition coefficient (Wildman–Crippen LogP) is 1.05. The summed E-state index contributed by atoms with van der Waals surface area (Å²) in [5, 5.41) is 18.4. The Morgan fingerprint density at radius 1 is 1.31 bits per heavy atom. The largest absolute Gasteiger partial charge is 0.507 e. The van der Waals surface area contributed by atoms with Crippen LogP contribution in [0.3, 0.4) is 0 Å². The highest BCUT2D eigenvalue weighted by atomic mass is 16.5. The molecule has 5 rings (SSSR count). The van der Waals surface area contributed by atoms with E-state index >= 15 is 0 Å². The first kappa shape index (κ1) is 20.8. The molecule has 2 fully saturated rings. The van der Waals surface area contributed by atoms with Gasteiger partial charge >= 0.3 is 0 Å². The molecule has 2 aliphatic heterocycles. The first-order valence-corrected chi connectivity index (χ1v) is 11.3. The van der Waals surface area contributed by atoms with Crippen LogP contribution in [0, 0.1) is 11.8 Å². The van der Waals surface area contributed by atoms with Gasteiger partial charge in [-0.2, -0.15) is 9.61 Å².